The number of benzene rings is 1. The lowest BCUT2D eigenvalue weighted by Gasteiger charge is -2.12. The van der Waals surface area contributed by atoms with Gasteiger partial charge in [0.2, 0.25) is 11.8 Å². The fourth-order valence-electron chi connectivity index (χ4n) is 1.90. The average Bonchev–Trinajstić information content (AvgIpc) is 2.34. The number of ether oxygens (including phenoxy) is 1. The monoisotopic (exact) mass is 277 g/mol. The molecule has 0 radical (unpaired) electrons. The van der Waals surface area contributed by atoms with E-state index in [0.717, 1.165) is 16.8 Å². The van der Waals surface area contributed by atoms with Gasteiger partial charge in [-0.1, -0.05) is 23.7 Å². The Morgan fingerprint density at radius 2 is 2.11 bits per heavy atom. The Balaban J connectivity index is 2.38. The molecule has 0 amide bonds. The van der Waals surface area contributed by atoms with E-state index in [-0.39, 0.29) is 5.95 Å². The maximum atomic E-state index is 5.99. The predicted octanol–water partition coefficient (Wildman–Crippen LogP) is 3.01. The Bertz CT molecular complexity index is 587. The van der Waals surface area contributed by atoms with Crippen molar-refractivity contribution in [3.63, 3.8) is 0 Å². The van der Waals surface area contributed by atoms with Crippen molar-refractivity contribution in [3.8, 4) is 5.88 Å². The molecule has 5 heteroatoms. The van der Waals surface area contributed by atoms with E-state index in [1.165, 1.54) is 0 Å². The van der Waals surface area contributed by atoms with Crippen LogP contribution in [0.15, 0.2) is 24.3 Å². The quantitative estimate of drug-likeness (QED) is 0.933. The lowest BCUT2D eigenvalue weighted by atomic mass is 10.0. The number of aromatic nitrogens is 2. The molecule has 0 saturated carbocycles. The zero-order valence-electron chi connectivity index (χ0n) is 11.0. The van der Waals surface area contributed by atoms with Crippen LogP contribution in [0.2, 0.25) is 5.02 Å². The second-order valence-corrected chi connectivity index (χ2v) is 4.63. The van der Waals surface area contributed by atoms with Crippen LogP contribution in [-0.4, -0.2) is 16.6 Å². The lowest BCUT2D eigenvalue weighted by molar-refractivity contribution is 0.323. The Hall–Kier alpha value is -1.81. The maximum absolute atomic E-state index is 5.99. The first kappa shape index (κ1) is 13.6. The molecular weight excluding hydrogens is 262 g/mol. The smallest absolute Gasteiger partial charge is 0.223 e. The van der Waals surface area contributed by atoms with Gasteiger partial charge in [-0.05, 0) is 31.5 Å². The van der Waals surface area contributed by atoms with Gasteiger partial charge in [0.05, 0.1) is 12.3 Å². The first-order valence-electron chi connectivity index (χ1n) is 6.10. The van der Waals surface area contributed by atoms with E-state index >= 15 is 0 Å². The van der Waals surface area contributed by atoms with Gasteiger partial charge in [0.15, 0.2) is 0 Å². The number of rotatable bonds is 4. The second-order valence-electron chi connectivity index (χ2n) is 4.19. The third-order valence-corrected chi connectivity index (χ3v) is 2.98. The van der Waals surface area contributed by atoms with E-state index in [1.54, 1.807) is 0 Å². The molecule has 0 fully saturated rings. The summed E-state index contributed by atoms with van der Waals surface area (Å²) in [4.78, 5) is 8.34. The van der Waals surface area contributed by atoms with Gasteiger partial charge in [0.25, 0.3) is 0 Å². The molecule has 0 unspecified atom stereocenters. The summed E-state index contributed by atoms with van der Waals surface area (Å²) >= 11 is 5.99. The number of aryl methyl sites for hydroxylation is 1. The van der Waals surface area contributed by atoms with E-state index < -0.39 is 0 Å². The van der Waals surface area contributed by atoms with E-state index in [0.29, 0.717) is 23.9 Å². The van der Waals surface area contributed by atoms with E-state index in [9.17, 15) is 0 Å². The summed E-state index contributed by atoms with van der Waals surface area (Å²) in [5, 5.41) is 0.712. The van der Waals surface area contributed by atoms with Crippen LogP contribution >= 0.6 is 11.6 Å². The van der Waals surface area contributed by atoms with Crippen LogP contribution in [0.4, 0.5) is 5.95 Å². The SMILES string of the molecule is CCOc1nc(N)nc(C)c1Cc1cccc(Cl)c1. The van der Waals surface area contributed by atoms with E-state index in [2.05, 4.69) is 9.97 Å². The van der Waals surface area contributed by atoms with Crippen molar-refractivity contribution >= 4 is 17.5 Å². The summed E-state index contributed by atoms with van der Waals surface area (Å²) in [7, 11) is 0. The molecule has 0 aliphatic heterocycles. The summed E-state index contributed by atoms with van der Waals surface area (Å²) in [6.45, 7) is 4.36. The molecule has 1 aromatic heterocycles. The van der Waals surface area contributed by atoms with Gasteiger partial charge >= 0.3 is 0 Å². The van der Waals surface area contributed by atoms with Gasteiger partial charge in [0, 0.05) is 17.0 Å². The zero-order chi connectivity index (χ0) is 13.8. The van der Waals surface area contributed by atoms with Crippen molar-refractivity contribution in [3.05, 3.63) is 46.1 Å². The molecule has 0 aliphatic carbocycles. The average molecular weight is 278 g/mol. The van der Waals surface area contributed by atoms with Crippen molar-refractivity contribution in [2.75, 3.05) is 12.3 Å². The second kappa shape index (κ2) is 5.89. The van der Waals surface area contributed by atoms with Gasteiger partial charge in [-0.3, -0.25) is 0 Å². The van der Waals surface area contributed by atoms with Gasteiger partial charge < -0.3 is 10.5 Å². The Morgan fingerprint density at radius 3 is 2.79 bits per heavy atom. The standard InChI is InChI=1S/C14H16ClN3O/c1-3-19-13-12(9(2)17-14(16)18-13)8-10-5-4-6-11(15)7-10/h4-7H,3,8H2,1-2H3,(H2,16,17,18). The molecule has 0 aliphatic rings. The molecule has 19 heavy (non-hydrogen) atoms. The maximum Gasteiger partial charge on any atom is 0.223 e. The van der Waals surface area contributed by atoms with Crippen LogP contribution in [0.5, 0.6) is 5.88 Å². The lowest BCUT2D eigenvalue weighted by Crippen LogP contribution is -2.07. The van der Waals surface area contributed by atoms with Gasteiger partial charge in [-0.15, -0.1) is 0 Å². The molecule has 0 spiro atoms. The third-order valence-electron chi connectivity index (χ3n) is 2.74. The zero-order valence-corrected chi connectivity index (χ0v) is 11.7. The van der Waals surface area contributed by atoms with Crippen LogP contribution in [0.1, 0.15) is 23.7 Å². The summed E-state index contributed by atoms with van der Waals surface area (Å²) < 4.78 is 5.54. The number of hydrogen-bond donors (Lipinski definition) is 1. The minimum Gasteiger partial charge on any atom is -0.478 e. The van der Waals surface area contributed by atoms with Crippen molar-refractivity contribution in [2.45, 2.75) is 20.3 Å². The van der Waals surface area contributed by atoms with Crippen LogP contribution < -0.4 is 10.5 Å². The Kier molecular flexibility index (Phi) is 4.22. The first-order chi connectivity index (χ1) is 9.10. The van der Waals surface area contributed by atoms with Crippen molar-refractivity contribution in [1.82, 2.24) is 9.97 Å². The number of nitrogens with zero attached hydrogens (tertiary/aromatic N) is 2. The fourth-order valence-corrected chi connectivity index (χ4v) is 2.11. The molecular formula is C14H16ClN3O. The molecule has 1 heterocycles. The molecule has 0 bridgehead atoms. The largest absolute Gasteiger partial charge is 0.478 e. The molecule has 4 nitrogen and oxygen atoms in total. The van der Waals surface area contributed by atoms with Crippen LogP contribution in [-0.2, 0) is 6.42 Å². The molecule has 100 valence electrons. The minimum atomic E-state index is 0.232. The van der Waals surface area contributed by atoms with E-state index in [4.69, 9.17) is 22.1 Å². The van der Waals surface area contributed by atoms with Crippen LogP contribution in [0.25, 0.3) is 0 Å². The number of anilines is 1. The fraction of sp³-hybridized carbons (Fsp3) is 0.286. The predicted molar refractivity (Wildman–Crippen MR) is 76.6 cm³/mol. The summed E-state index contributed by atoms with van der Waals surface area (Å²) in [6.07, 6.45) is 0.669. The number of nitrogen functional groups attached to an aromatic ring is 1. The van der Waals surface area contributed by atoms with Crippen molar-refractivity contribution < 1.29 is 4.74 Å². The van der Waals surface area contributed by atoms with E-state index in [1.807, 2.05) is 38.1 Å². The highest BCUT2D eigenvalue weighted by Crippen LogP contribution is 2.24. The molecule has 1 aromatic carbocycles. The minimum absolute atomic E-state index is 0.232. The molecule has 2 N–H and O–H groups in total. The highest BCUT2D eigenvalue weighted by Gasteiger charge is 2.12. The van der Waals surface area contributed by atoms with Crippen LogP contribution in [0.3, 0.4) is 0 Å². The van der Waals surface area contributed by atoms with Crippen molar-refractivity contribution in [1.29, 1.82) is 0 Å². The Labute approximate surface area is 117 Å². The normalized spacial score (nSPS) is 10.5. The van der Waals surface area contributed by atoms with Crippen molar-refractivity contribution in [2.24, 2.45) is 0 Å². The van der Waals surface area contributed by atoms with Gasteiger partial charge in [0.1, 0.15) is 0 Å². The molecule has 0 atom stereocenters. The number of nitrogens with two attached hydrogens (primary N) is 1. The van der Waals surface area contributed by atoms with Gasteiger partial charge in [-0.2, -0.15) is 4.98 Å². The number of halogens is 1. The molecule has 2 rings (SSSR count). The topological polar surface area (TPSA) is 61.0 Å². The summed E-state index contributed by atoms with van der Waals surface area (Å²) in [5.41, 5.74) is 8.51. The first-order valence-corrected chi connectivity index (χ1v) is 6.48. The third kappa shape index (κ3) is 3.35. The molecule has 2 aromatic rings. The summed E-state index contributed by atoms with van der Waals surface area (Å²) in [5.74, 6) is 0.781. The van der Waals surface area contributed by atoms with Crippen LogP contribution in [0, 0.1) is 6.92 Å². The highest BCUT2D eigenvalue weighted by atomic mass is 35.5. The number of hydrogen-bond acceptors (Lipinski definition) is 4. The molecule has 0 saturated heterocycles. The Morgan fingerprint density at radius 1 is 1.32 bits per heavy atom. The highest BCUT2D eigenvalue weighted by molar-refractivity contribution is 6.30. The summed E-state index contributed by atoms with van der Waals surface area (Å²) in [6, 6.07) is 7.71. The van der Waals surface area contributed by atoms with Gasteiger partial charge in [-0.25, -0.2) is 4.98 Å².